The van der Waals surface area contributed by atoms with Crippen LogP contribution in [0.2, 0.25) is 0 Å². The molecule has 1 aromatic heterocycles. The molecule has 0 bridgehead atoms. The highest BCUT2D eigenvalue weighted by Gasteiger charge is 2.45. The van der Waals surface area contributed by atoms with Crippen molar-refractivity contribution in [1.82, 2.24) is 9.97 Å². The van der Waals surface area contributed by atoms with Crippen LogP contribution in [0.4, 0.5) is 5.82 Å². The van der Waals surface area contributed by atoms with E-state index in [1.54, 1.807) is 12.4 Å². The molecule has 3 heteroatoms. The Morgan fingerprint density at radius 2 is 2.15 bits per heavy atom. The Morgan fingerprint density at radius 3 is 2.69 bits per heavy atom. The van der Waals surface area contributed by atoms with Crippen LogP contribution in [-0.2, 0) is 0 Å². The fourth-order valence-corrected chi connectivity index (χ4v) is 1.43. The van der Waals surface area contributed by atoms with Gasteiger partial charge in [-0.05, 0) is 18.8 Å². The van der Waals surface area contributed by atoms with Gasteiger partial charge in [0, 0.05) is 12.2 Å². The van der Waals surface area contributed by atoms with E-state index in [9.17, 15) is 0 Å². The van der Waals surface area contributed by atoms with E-state index >= 15 is 0 Å². The van der Waals surface area contributed by atoms with Gasteiger partial charge in [0.2, 0.25) is 0 Å². The zero-order valence-corrected chi connectivity index (χ0v) is 8.33. The number of rotatable bonds is 2. The van der Waals surface area contributed by atoms with E-state index in [4.69, 9.17) is 0 Å². The summed E-state index contributed by atoms with van der Waals surface area (Å²) in [4.78, 5) is 8.43. The Labute approximate surface area is 78.6 Å². The molecule has 13 heavy (non-hydrogen) atoms. The minimum absolute atomic E-state index is 0.436. The standard InChI is InChI=1S/C10H15N3/c1-7-5-11-6-9(12-7)13-8-4-10(8,2)3/h5-6,8H,4H2,1-3H3,(H,12,13). The van der Waals surface area contributed by atoms with Gasteiger partial charge < -0.3 is 5.32 Å². The maximum atomic E-state index is 4.35. The monoisotopic (exact) mass is 177 g/mol. The summed E-state index contributed by atoms with van der Waals surface area (Å²) in [6.45, 7) is 6.47. The van der Waals surface area contributed by atoms with Gasteiger partial charge in [-0.2, -0.15) is 0 Å². The van der Waals surface area contributed by atoms with Crippen LogP contribution < -0.4 is 5.32 Å². The maximum absolute atomic E-state index is 4.35. The van der Waals surface area contributed by atoms with E-state index < -0.39 is 0 Å². The molecule has 1 saturated carbocycles. The summed E-state index contributed by atoms with van der Waals surface area (Å²) in [6.07, 6.45) is 4.77. The molecule has 1 aliphatic carbocycles. The quantitative estimate of drug-likeness (QED) is 0.750. The predicted molar refractivity (Wildman–Crippen MR) is 52.6 cm³/mol. The van der Waals surface area contributed by atoms with Gasteiger partial charge in [0.1, 0.15) is 5.82 Å². The van der Waals surface area contributed by atoms with Crippen molar-refractivity contribution in [2.45, 2.75) is 33.2 Å². The number of aromatic nitrogens is 2. The van der Waals surface area contributed by atoms with E-state index in [1.807, 2.05) is 6.92 Å². The summed E-state index contributed by atoms with van der Waals surface area (Å²) in [7, 11) is 0. The molecule has 1 heterocycles. The number of hydrogen-bond acceptors (Lipinski definition) is 3. The van der Waals surface area contributed by atoms with Gasteiger partial charge in [-0.1, -0.05) is 13.8 Å². The fraction of sp³-hybridized carbons (Fsp3) is 0.600. The number of nitrogens with one attached hydrogen (secondary N) is 1. The third-order valence-corrected chi connectivity index (χ3v) is 2.59. The molecule has 0 radical (unpaired) electrons. The Hall–Kier alpha value is -1.12. The molecule has 0 spiro atoms. The molecule has 1 aromatic rings. The van der Waals surface area contributed by atoms with Crippen molar-refractivity contribution in [1.29, 1.82) is 0 Å². The minimum Gasteiger partial charge on any atom is -0.365 e. The Kier molecular flexibility index (Phi) is 1.75. The lowest BCUT2D eigenvalue weighted by Gasteiger charge is -2.06. The summed E-state index contributed by atoms with van der Waals surface area (Å²) in [5, 5.41) is 3.37. The van der Waals surface area contributed by atoms with Crippen LogP contribution in [0.1, 0.15) is 26.0 Å². The molecule has 1 N–H and O–H groups in total. The van der Waals surface area contributed by atoms with Crippen molar-refractivity contribution >= 4 is 5.82 Å². The maximum Gasteiger partial charge on any atom is 0.145 e. The molecule has 1 fully saturated rings. The SMILES string of the molecule is Cc1cncc(NC2CC2(C)C)n1. The molecule has 0 saturated heterocycles. The van der Waals surface area contributed by atoms with Crippen molar-refractivity contribution in [2.24, 2.45) is 5.41 Å². The van der Waals surface area contributed by atoms with Crippen LogP contribution in [-0.4, -0.2) is 16.0 Å². The van der Waals surface area contributed by atoms with Crippen molar-refractivity contribution in [3.63, 3.8) is 0 Å². The van der Waals surface area contributed by atoms with Gasteiger partial charge in [0.15, 0.2) is 0 Å². The first-order valence-electron chi connectivity index (χ1n) is 4.63. The summed E-state index contributed by atoms with van der Waals surface area (Å²) in [5.41, 5.74) is 1.40. The van der Waals surface area contributed by atoms with E-state index in [0.717, 1.165) is 11.5 Å². The molecular weight excluding hydrogens is 162 g/mol. The van der Waals surface area contributed by atoms with E-state index in [0.29, 0.717) is 11.5 Å². The summed E-state index contributed by atoms with van der Waals surface area (Å²) in [5.74, 6) is 0.899. The fourth-order valence-electron chi connectivity index (χ4n) is 1.43. The third kappa shape index (κ3) is 1.79. The highest BCUT2D eigenvalue weighted by molar-refractivity contribution is 5.36. The molecule has 3 nitrogen and oxygen atoms in total. The van der Waals surface area contributed by atoms with Gasteiger partial charge >= 0.3 is 0 Å². The Morgan fingerprint density at radius 1 is 1.46 bits per heavy atom. The molecule has 2 rings (SSSR count). The zero-order chi connectivity index (χ0) is 9.47. The molecule has 0 aliphatic heterocycles. The summed E-state index contributed by atoms with van der Waals surface area (Å²) in [6, 6.07) is 0.573. The third-order valence-electron chi connectivity index (χ3n) is 2.59. The predicted octanol–water partition coefficient (Wildman–Crippen LogP) is 2.00. The Balaban J connectivity index is 2.03. The minimum atomic E-state index is 0.436. The van der Waals surface area contributed by atoms with Gasteiger partial charge in [-0.15, -0.1) is 0 Å². The molecule has 1 unspecified atom stereocenters. The first kappa shape index (κ1) is 8.48. The second-order valence-electron chi connectivity index (χ2n) is 4.44. The topological polar surface area (TPSA) is 37.8 Å². The van der Waals surface area contributed by atoms with Crippen molar-refractivity contribution in [2.75, 3.05) is 5.32 Å². The second-order valence-corrected chi connectivity index (χ2v) is 4.44. The first-order valence-corrected chi connectivity index (χ1v) is 4.63. The van der Waals surface area contributed by atoms with Crippen LogP contribution >= 0.6 is 0 Å². The number of aryl methyl sites for hydroxylation is 1. The Bertz CT molecular complexity index is 320. The first-order chi connectivity index (χ1) is 6.08. The van der Waals surface area contributed by atoms with Gasteiger partial charge in [-0.3, -0.25) is 4.98 Å². The normalized spacial score (nSPS) is 24.1. The zero-order valence-electron chi connectivity index (χ0n) is 8.33. The van der Waals surface area contributed by atoms with Crippen LogP contribution in [0.15, 0.2) is 12.4 Å². The van der Waals surface area contributed by atoms with E-state index in [1.165, 1.54) is 6.42 Å². The average molecular weight is 177 g/mol. The molecule has 1 atom stereocenters. The van der Waals surface area contributed by atoms with Gasteiger partial charge in [0.05, 0.1) is 11.9 Å². The second kappa shape index (κ2) is 2.69. The summed E-state index contributed by atoms with van der Waals surface area (Å²) < 4.78 is 0. The molecule has 70 valence electrons. The molecular formula is C10H15N3. The number of hydrogen-bond donors (Lipinski definition) is 1. The summed E-state index contributed by atoms with van der Waals surface area (Å²) >= 11 is 0. The lowest BCUT2D eigenvalue weighted by Crippen LogP contribution is -2.10. The van der Waals surface area contributed by atoms with Crippen LogP contribution in [0, 0.1) is 12.3 Å². The lowest BCUT2D eigenvalue weighted by molar-refractivity contribution is 0.629. The number of anilines is 1. The van der Waals surface area contributed by atoms with E-state index in [-0.39, 0.29) is 0 Å². The average Bonchev–Trinajstić information content (AvgIpc) is 2.58. The van der Waals surface area contributed by atoms with Gasteiger partial charge in [0.25, 0.3) is 0 Å². The van der Waals surface area contributed by atoms with E-state index in [2.05, 4.69) is 29.1 Å². The smallest absolute Gasteiger partial charge is 0.145 e. The highest BCUT2D eigenvalue weighted by Crippen LogP contribution is 2.46. The highest BCUT2D eigenvalue weighted by atomic mass is 15.1. The molecule has 0 amide bonds. The van der Waals surface area contributed by atoms with Crippen LogP contribution in [0.5, 0.6) is 0 Å². The van der Waals surface area contributed by atoms with Crippen molar-refractivity contribution in [3.05, 3.63) is 18.1 Å². The lowest BCUT2D eigenvalue weighted by atomic mass is 10.2. The largest absolute Gasteiger partial charge is 0.365 e. The van der Waals surface area contributed by atoms with Crippen molar-refractivity contribution in [3.8, 4) is 0 Å². The van der Waals surface area contributed by atoms with Gasteiger partial charge in [-0.25, -0.2) is 4.98 Å². The molecule has 1 aliphatic rings. The van der Waals surface area contributed by atoms with Crippen molar-refractivity contribution < 1.29 is 0 Å². The van der Waals surface area contributed by atoms with Crippen LogP contribution in [0.3, 0.4) is 0 Å². The number of nitrogens with zero attached hydrogens (tertiary/aromatic N) is 2. The molecule has 0 aromatic carbocycles. The van der Waals surface area contributed by atoms with Crippen LogP contribution in [0.25, 0.3) is 0 Å².